The highest BCUT2D eigenvalue weighted by molar-refractivity contribution is 7.79. The summed E-state index contributed by atoms with van der Waals surface area (Å²) >= 11 is -1.70. The lowest BCUT2D eigenvalue weighted by molar-refractivity contribution is 0.377. The van der Waals surface area contributed by atoms with Gasteiger partial charge in [-0.25, -0.2) is 4.21 Å². The van der Waals surface area contributed by atoms with Crippen molar-refractivity contribution in [3.63, 3.8) is 0 Å². The maximum atomic E-state index is 10.2. The highest BCUT2D eigenvalue weighted by Crippen LogP contribution is 1.82. The van der Waals surface area contributed by atoms with Gasteiger partial charge < -0.3 is 9.87 Å². The molecule has 62 valence electrons. The predicted octanol–water partition coefficient (Wildman–Crippen LogP) is -0.683. The summed E-state index contributed by atoms with van der Waals surface area (Å²) in [5.41, 5.74) is 0. The minimum Gasteiger partial charge on any atom is -0.318 e. The average Bonchev–Trinajstić information content (AvgIpc) is 1.82. The minimum absolute atomic E-state index is 0.224. The molecular weight excluding hydrogens is 152 g/mol. The topological polar surface area (TPSA) is 52.6 Å². The normalized spacial score (nSPS) is 14.0. The number of likely N-dealkylation sites (N-methyl/N-ethyl adjacent to an activating group) is 2. The number of hydrogen-bond donors (Lipinski definition) is 2. The molecule has 1 unspecified atom stereocenters. The van der Waals surface area contributed by atoms with E-state index in [0.29, 0.717) is 0 Å². The molecule has 0 aliphatic rings. The summed E-state index contributed by atoms with van der Waals surface area (Å²) in [6.07, 6.45) is 0. The molecule has 1 atom stereocenters. The van der Waals surface area contributed by atoms with Crippen molar-refractivity contribution in [1.29, 1.82) is 0 Å². The Morgan fingerprint density at radius 3 is 2.70 bits per heavy atom. The van der Waals surface area contributed by atoms with Crippen LogP contribution in [0.3, 0.4) is 0 Å². The Morgan fingerprint density at radius 1 is 1.70 bits per heavy atom. The fraction of sp³-hybridized carbons (Fsp3) is 1.00. The van der Waals surface area contributed by atoms with Crippen molar-refractivity contribution >= 4 is 11.1 Å². The second-order valence-electron chi connectivity index (χ2n) is 2.13. The molecule has 0 fully saturated rings. The van der Waals surface area contributed by atoms with Crippen LogP contribution in [-0.4, -0.2) is 46.7 Å². The summed E-state index contributed by atoms with van der Waals surface area (Å²) in [4.78, 5) is 1.80. The first kappa shape index (κ1) is 10.0. The third-order valence-electron chi connectivity index (χ3n) is 1.07. The van der Waals surface area contributed by atoms with E-state index in [-0.39, 0.29) is 5.88 Å². The Labute approximate surface area is 63.9 Å². The van der Waals surface area contributed by atoms with Crippen molar-refractivity contribution in [3.05, 3.63) is 0 Å². The fourth-order valence-electron chi connectivity index (χ4n) is 0.556. The van der Waals surface area contributed by atoms with E-state index in [9.17, 15) is 4.21 Å². The number of rotatable bonds is 5. The molecule has 0 spiro atoms. The monoisotopic (exact) mass is 166 g/mol. The molecule has 10 heavy (non-hydrogen) atoms. The molecule has 0 aliphatic heterocycles. The number of hydrogen-bond acceptors (Lipinski definition) is 3. The Bertz CT molecular complexity index is 110. The lowest BCUT2D eigenvalue weighted by Crippen LogP contribution is -2.29. The van der Waals surface area contributed by atoms with Gasteiger partial charge in [-0.1, -0.05) is 0 Å². The molecule has 0 radical (unpaired) electrons. The molecule has 5 heteroatoms. The van der Waals surface area contributed by atoms with Gasteiger partial charge in [0, 0.05) is 13.1 Å². The van der Waals surface area contributed by atoms with Gasteiger partial charge in [-0.2, -0.15) is 0 Å². The Kier molecular flexibility index (Phi) is 5.81. The largest absolute Gasteiger partial charge is 0.318 e. The molecule has 0 aromatic carbocycles. The molecule has 2 N–H and O–H groups in total. The van der Waals surface area contributed by atoms with Gasteiger partial charge in [0.2, 0.25) is 0 Å². The summed E-state index contributed by atoms with van der Waals surface area (Å²) in [6, 6.07) is 0. The van der Waals surface area contributed by atoms with E-state index in [1.807, 2.05) is 14.1 Å². The summed E-state index contributed by atoms with van der Waals surface area (Å²) in [7, 11) is 3.66. The summed E-state index contributed by atoms with van der Waals surface area (Å²) in [6.45, 7) is 1.64. The lowest BCUT2D eigenvalue weighted by Gasteiger charge is -2.12. The van der Waals surface area contributed by atoms with E-state index in [4.69, 9.17) is 4.55 Å². The van der Waals surface area contributed by atoms with Crippen LogP contribution in [0.1, 0.15) is 0 Å². The molecule has 0 aromatic rings. The van der Waals surface area contributed by atoms with Gasteiger partial charge in [-0.3, -0.25) is 4.90 Å². The van der Waals surface area contributed by atoms with Crippen LogP contribution in [0.2, 0.25) is 0 Å². The highest BCUT2D eigenvalue weighted by Gasteiger charge is 1.99. The van der Waals surface area contributed by atoms with Crippen LogP contribution in [-0.2, 0) is 11.1 Å². The zero-order chi connectivity index (χ0) is 7.98. The summed E-state index contributed by atoms with van der Waals surface area (Å²) < 4.78 is 18.7. The Balaban J connectivity index is 3.25. The first-order chi connectivity index (χ1) is 4.66. The minimum atomic E-state index is -1.70. The van der Waals surface area contributed by atoms with Gasteiger partial charge in [0.25, 0.3) is 0 Å². The molecule has 4 nitrogen and oxygen atoms in total. The molecule has 0 aromatic heterocycles. The molecule has 0 heterocycles. The second kappa shape index (κ2) is 5.79. The molecule has 0 rings (SSSR count). The molecule has 0 saturated carbocycles. The van der Waals surface area contributed by atoms with Crippen molar-refractivity contribution in [1.82, 2.24) is 10.2 Å². The maximum absolute atomic E-state index is 10.2. The van der Waals surface area contributed by atoms with Gasteiger partial charge in [0.1, 0.15) is 5.88 Å². The molecule has 0 saturated heterocycles. The molecular formula is C5H14N2O2S. The van der Waals surface area contributed by atoms with Crippen molar-refractivity contribution in [2.45, 2.75) is 0 Å². The van der Waals surface area contributed by atoms with Crippen LogP contribution >= 0.6 is 0 Å². The van der Waals surface area contributed by atoms with E-state index in [0.717, 1.165) is 13.1 Å². The maximum Gasteiger partial charge on any atom is 0.167 e. The molecule has 0 amide bonds. The summed E-state index contributed by atoms with van der Waals surface area (Å²) in [5, 5.41) is 2.95. The van der Waals surface area contributed by atoms with Gasteiger partial charge >= 0.3 is 0 Å². The zero-order valence-corrected chi connectivity index (χ0v) is 7.15. The van der Waals surface area contributed by atoms with Crippen LogP contribution in [0.15, 0.2) is 0 Å². The lowest BCUT2D eigenvalue weighted by atomic mass is 10.6. The van der Waals surface area contributed by atoms with Gasteiger partial charge in [-0.05, 0) is 14.1 Å². The zero-order valence-electron chi connectivity index (χ0n) is 6.33. The number of nitrogens with zero attached hydrogens (tertiary/aromatic N) is 1. The third-order valence-corrected chi connectivity index (χ3v) is 1.74. The quantitative estimate of drug-likeness (QED) is 0.531. The van der Waals surface area contributed by atoms with Crippen molar-refractivity contribution in [2.75, 3.05) is 33.1 Å². The van der Waals surface area contributed by atoms with Crippen LogP contribution < -0.4 is 5.32 Å². The van der Waals surface area contributed by atoms with E-state index >= 15 is 0 Å². The third kappa shape index (κ3) is 6.15. The van der Waals surface area contributed by atoms with E-state index in [1.54, 1.807) is 4.90 Å². The smallest absolute Gasteiger partial charge is 0.167 e. The summed E-state index contributed by atoms with van der Waals surface area (Å²) in [5.74, 6) is 0.224. The first-order valence-corrected chi connectivity index (χ1v) is 4.35. The average molecular weight is 166 g/mol. The molecule has 0 aliphatic carbocycles. The van der Waals surface area contributed by atoms with Crippen LogP contribution in [0.4, 0.5) is 0 Å². The first-order valence-electron chi connectivity index (χ1n) is 3.07. The Hall–Kier alpha value is 0.0300. The molecule has 0 bridgehead atoms. The van der Waals surface area contributed by atoms with Crippen molar-refractivity contribution < 1.29 is 8.76 Å². The van der Waals surface area contributed by atoms with E-state index in [2.05, 4.69) is 5.32 Å². The van der Waals surface area contributed by atoms with Crippen molar-refractivity contribution in [2.24, 2.45) is 0 Å². The van der Waals surface area contributed by atoms with Gasteiger partial charge in [0.15, 0.2) is 11.1 Å². The van der Waals surface area contributed by atoms with Gasteiger partial charge in [0.05, 0.1) is 0 Å². The van der Waals surface area contributed by atoms with Gasteiger partial charge in [-0.15, -0.1) is 0 Å². The highest BCUT2D eigenvalue weighted by atomic mass is 32.2. The predicted molar refractivity (Wildman–Crippen MR) is 42.2 cm³/mol. The number of nitrogens with one attached hydrogen (secondary N) is 1. The standard InChI is InChI=1S/C5H14N2O2S/c1-6-3-4-7(2)5-10(8)9/h6H,3-5H2,1-2H3,(H,8,9). The second-order valence-corrected chi connectivity index (χ2v) is 3.03. The Morgan fingerprint density at radius 2 is 2.30 bits per heavy atom. The van der Waals surface area contributed by atoms with Crippen LogP contribution in [0.25, 0.3) is 0 Å². The van der Waals surface area contributed by atoms with E-state index in [1.165, 1.54) is 0 Å². The van der Waals surface area contributed by atoms with Crippen molar-refractivity contribution in [3.8, 4) is 0 Å². The fourth-order valence-corrected chi connectivity index (χ4v) is 1.06. The van der Waals surface area contributed by atoms with Crippen LogP contribution in [0, 0.1) is 0 Å². The van der Waals surface area contributed by atoms with E-state index < -0.39 is 11.1 Å². The SMILES string of the molecule is CNCCN(C)CS(=O)O. The van der Waals surface area contributed by atoms with Crippen LogP contribution in [0.5, 0.6) is 0 Å².